The fourth-order valence-corrected chi connectivity index (χ4v) is 3.80. The molecule has 10 nitrogen and oxygen atoms in total. The highest BCUT2D eigenvalue weighted by atomic mass is 35.5. The number of phenolic OH excluding ortho intramolecular Hbond substituents is 1. The Morgan fingerprint density at radius 1 is 1.06 bits per heavy atom. The number of nitrogens with one attached hydrogen (secondary N) is 1. The monoisotopic (exact) mass is 514 g/mol. The van der Waals surface area contributed by atoms with Crippen molar-refractivity contribution in [3.05, 3.63) is 108 Å². The third-order valence-electron chi connectivity index (χ3n) is 4.97. The molecule has 1 atom stereocenters. The lowest BCUT2D eigenvalue weighted by molar-refractivity contribution is 0.1000. The maximum absolute atomic E-state index is 12.0. The van der Waals surface area contributed by atoms with Gasteiger partial charge in [0, 0.05) is 11.1 Å². The first kappa shape index (κ1) is 24.0. The van der Waals surface area contributed by atoms with E-state index in [1.54, 1.807) is 0 Å². The van der Waals surface area contributed by atoms with Gasteiger partial charge in [-0.15, -0.1) is 0 Å². The molecule has 0 radical (unpaired) electrons. The van der Waals surface area contributed by atoms with Crippen molar-refractivity contribution >= 4 is 29.1 Å². The first-order valence-electron chi connectivity index (χ1n) is 9.90. The number of aromatic hydroxyl groups is 1. The number of hydrogen-bond donors (Lipinski definition) is 4. The van der Waals surface area contributed by atoms with Crippen LogP contribution in [0.1, 0.15) is 27.6 Å². The lowest BCUT2D eigenvalue weighted by Crippen LogP contribution is -2.30. The molecule has 178 valence electrons. The van der Waals surface area contributed by atoms with Crippen LogP contribution in [0.25, 0.3) is 5.69 Å². The van der Waals surface area contributed by atoms with Crippen LogP contribution >= 0.6 is 23.2 Å². The van der Waals surface area contributed by atoms with Crippen LogP contribution in [0.2, 0.25) is 10.0 Å². The number of nitrogens with zero attached hydrogens (tertiary/aromatic N) is 2. The van der Waals surface area contributed by atoms with Gasteiger partial charge in [-0.1, -0.05) is 35.3 Å². The molecule has 0 saturated carbocycles. The average Bonchev–Trinajstić information content (AvgIpc) is 2.82. The molecule has 0 aliphatic heterocycles. The number of carbonyl (C=O) groups excluding carboxylic acids is 1. The number of aromatic amines is 1. The summed E-state index contributed by atoms with van der Waals surface area (Å²) in [6, 6.07) is 12.8. The number of H-pyrrole nitrogens is 1. The van der Waals surface area contributed by atoms with E-state index in [4.69, 9.17) is 33.7 Å². The van der Waals surface area contributed by atoms with Gasteiger partial charge in [-0.3, -0.25) is 14.6 Å². The summed E-state index contributed by atoms with van der Waals surface area (Å²) in [7, 11) is 0. The van der Waals surface area contributed by atoms with Crippen LogP contribution in [-0.2, 0) is 0 Å². The van der Waals surface area contributed by atoms with Gasteiger partial charge in [0.15, 0.2) is 5.75 Å². The number of ether oxygens (including phenoxy) is 1. The third kappa shape index (κ3) is 5.04. The Labute approximate surface area is 206 Å². The Balaban J connectivity index is 1.64. The summed E-state index contributed by atoms with van der Waals surface area (Å²) in [6.45, 7) is 0. The maximum atomic E-state index is 12.0. The SMILES string of the molecule is NC(=O)c1ccc(C(O)c2cc(Oc3c(Cl)cc(-n4ncc(=O)[nH]c4=O)cc3Cl)ccc2O)cc1. The zero-order valence-electron chi connectivity index (χ0n) is 17.6. The normalized spacial score (nSPS) is 11.7. The Bertz CT molecular complexity index is 1530. The lowest BCUT2D eigenvalue weighted by atomic mass is 9.99. The van der Waals surface area contributed by atoms with E-state index in [1.165, 1.54) is 54.6 Å². The maximum Gasteiger partial charge on any atom is 0.349 e. The first-order valence-corrected chi connectivity index (χ1v) is 10.7. The fraction of sp³-hybridized carbons (Fsp3) is 0.0435. The molecule has 1 aromatic heterocycles. The quantitative estimate of drug-likeness (QED) is 0.307. The Morgan fingerprint density at radius 2 is 1.71 bits per heavy atom. The topological polar surface area (TPSA) is 161 Å². The van der Waals surface area contributed by atoms with E-state index in [0.717, 1.165) is 10.9 Å². The van der Waals surface area contributed by atoms with Gasteiger partial charge in [0.05, 0.1) is 15.7 Å². The van der Waals surface area contributed by atoms with Gasteiger partial charge < -0.3 is 20.7 Å². The second-order valence-electron chi connectivity index (χ2n) is 7.30. The van der Waals surface area contributed by atoms with Gasteiger partial charge in [-0.05, 0) is 48.0 Å². The van der Waals surface area contributed by atoms with Crippen molar-refractivity contribution in [3.8, 4) is 22.9 Å². The van der Waals surface area contributed by atoms with Gasteiger partial charge in [-0.25, -0.2) is 4.79 Å². The summed E-state index contributed by atoms with van der Waals surface area (Å²) in [5, 5.41) is 24.9. The van der Waals surface area contributed by atoms with Crippen LogP contribution in [0.5, 0.6) is 17.2 Å². The molecule has 1 amide bonds. The summed E-state index contributed by atoms with van der Waals surface area (Å²) in [5.41, 5.74) is 4.79. The molecule has 5 N–H and O–H groups in total. The first-order chi connectivity index (χ1) is 16.6. The van der Waals surface area contributed by atoms with Crippen LogP contribution in [-0.4, -0.2) is 30.9 Å². The summed E-state index contributed by atoms with van der Waals surface area (Å²) in [4.78, 5) is 36.6. The molecule has 0 fully saturated rings. The van der Waals surface area contributed by atoms with E-state index in [2.05, 4.69) is 10.1 Å². The fourth-order valence-electron chi connectivity index (χ4n) is 3.25. The van der Waals surface area contributed by atoms with Crippen LogP contribution in [0.3, 0.4) is 0 Å². The van der Waals surface area contributed by atoms with Crippen molar-refractivity contribution in [1.82, 2.24) is 14.8 Å². The van der Waals surface area contributed by atoms with Crippen LogP contribution in [0.4, 0.5) is 0 Å². The van der Waals surface area contributed by atoms with Crippen molar-refractivity contribution < 1.29 is 19.7 Å². The second kappa shape index (κ2) is 9.63. The summed E-state index contributed by atoms with van der Waals surface area (Å²) < 4.78 is 6.70. The lowest BCUT2D eigenvalue weighted by Gasteiger charge is -2.16. The average molecular weight is 515 g/mol. The predicted octanol–water partition coefficient (Wildman–Crippen LogP) is 2.91. The van der Waals surface area contributed by atoms with Crippen molar-refractivity contribution in [3.63, 3.8) is 0 Å². The number of amides is 1. The number of aromatic nitrogens is 3. The number of benzene rings is 3. The smallest absolute Gasteiger partial charge is 0.349 e. The molecule has 0 saturated heterocycles. The molecule has 3 aromatic carbocycles. The number of carbonyl (C=O) groups is 1. The van der Waals surface area contributed by atoms with E-state index in [9.17, 15) is 24.6 Å². The largest absolute Gasteiger partial charge is 0.508 e. The number of phenols is 1. The van der Waals surface area contributed by atoms with Crippen LogP contribution in [0.15, 0.2) is 70.4 Å². The van der Waals surface area contributed by atoms with Gasteiger partial charge in [0.2, 0.25) is 5.91 Å². The van der Waals surface area contributed by atoms with E-state index in [1.807, 2.05) is 0 Å². The molecule has 1 unspecified atom stereocenters. The van der Waals surface area contributed by atoms with Crippen molar-refractivity contribution in [1.29, 1.82) is 0 Å². The molecular weight excluding hydrogens is 499 g/mol. The van der Waals surface area contributed by atoms with Crippen molar-refractivity contribution in [2.24, 2.45) is 5.73 Å². The number of aliphatic hydroxyl groups is 1. The Kier molecular flexibility index (Phi) is 6.61. The van der Waals surface area contributed by atoms with E-state index < -0.39 is 23.3 Å². The summed E-state index contributed by atoms with van der Waals surface area (Å²) in [6.07, 6.45) is -0.315. The molecule has 4 aromatic rings. The Hall–Kier alpha value is -4.12. The molecule has 0 aliphatic rings. The molecule has 1 heterocycles. The molecule has 35 heavy (non-hydrogen) atoms. The molecule has 0 bridgehead atoms. The molecular formula is C23H16Cl2N4O6. The molecule has 0 spiro atoms. The van der Waals surface area contributed by atoms with Gasteiger partial charge in [0.1, 0.15) is 23.8 Å². The molecule has 0 aliphatic carbocycles. The number of hydrogen-bond acceptors (Lipinski definition) is 7. The van der Waals surface area contributed by atoms with Crippen LogP contribution < -0.4 is 21.7 Å². The minimum Gasteiger partial charge on any atom is -0.508 e. The number of rotatable bonds is 6. The van der Waals surface area contributed by atoms with E-state index in [0.29, 0.717) is 5.56 Å². The van der Waals surface area contributed by atoms with Crippen LogP contribution in [0, 0.1) is 0 Å². The minimum atomic E-state index is -1.24. The second-order valence-corrected chi connectivity index (χ2v) is 8.12. The van der Waals surface area contributed by atoms with Gasteiger partial charge >= 0.3 is 5.69 Å². The number of aliphatic hydroxyl groups excluding tert-OH is 1. The van der Waals surface area contributed by atoms with Gasteiger partial charge in [-0.2, -0.15) is 9.78 Å². The molecule has 4 rings (SSSR count). The zero-order valence-corrected chi connectivity index (χ0v) is 19.1. The standard InChI is InChI=1S/C23H16Cl2N4O6/c24-16-7-13(29-23(34)28-19(31)10-27-29)8-17(25)21(16)35-14-5-6-18(30)15(9-14)20(32)11-1-3-12(4-2-11)22(26)33/h1-10,20,30,32H,(H2,26,33)(H,28,31,34). The minimum absolute atomic E-state index is 0.0320. The highest BCUT2D eigenvalue weighted by molar-refractivity contribution is 6.37. The third-order valence-corrected chi connectivity index (χ3v) is 5.53. The van der Waals surface area contributed by atoms with Crippen molar-refractivity contribution in [2.75, 3.05) is 0 Å². The number of nitrogens with two attached hydrogens (primary N) is 1. The zero-order chi connectivity index (χ0) is 25.3. The van der Waals surface area contributed by atoms with Gasteiger partial charge in [0.25, 0.3) is 5.56 Å². The summed E-state index contributed by atoms with van der Waals surface area (Å²) >= 11 is 12.7. The predicted molar refractivity (Wildman–Crippen MR) is 128 cm³/mol. The van der Waals surface area contributed by atoms with E-state index >= 15 is 0 Å². The van der Waals surface area contributed by atoms with E-state index in [-0.39, 0.29) is 44.1 Å². The Morgan fingerprint density at radius 3 is 2.31 bits per heavy atom. The molecule has 12 heteroatoms. The number of halogens is 2. The van der Waals surface area contributed by atoms with Crippen molar-refractivity contribution in [2.45, 2.75) is 6.10 Å². The summed E-state index contributed by atoms with van der Waals surface area (Å²) in [5.74, 6) is -0.557. The highest BCUT2D eigenvalue weighted by Crippen LogP contribution is 2.40. The highest BCUT2D eigenvalue weighted by Gasteiger charge is 2.18. The number of primary amides is 1.